The molecule has 2 nitrogen and oxygen atoms in total. The first-order chi connectivity index (χ1) is 9.49. The predicted octanol–water partition coefficient (Wildman–Crippen LogP) is 5.79. The Morgan fingerprint density at radius 3 is 2.50 bits per heavy atom. The van der Waals surface area contributed by atoms with E-state index < -0.39 is 0 Å². The number of hydrogen-bond acceptors (Lipinski definition) is 1. The Morgan fingerprint density at radius 1 is 1.05 bits per heavy atom. The summed E-state index contributed by atoms with van der Waals surface area (Å²) in [6.07, 6.45) is 0. The Balaban J connectivity index is 2.41. The van der Waals surface area contributed by atoms with Gasteiger partial charge in [0.2, 0.25) is 0 Å². The molecule has 0 spiro atoms. The van der Waals surface area contributed by atoms with Crippen molar-refractivity contribution in [1.29, 1.82) is 0 Å². The molecule has 0 fully saturated rings. The highest BCUT2D eigenvalue weighted by Gasteiger charge is 2.14. The van der Waals surface area contributed by atoms with Crippen LogP contribution in [-0.2, 0) is 0 Å². The maximum absolute atomic E-state index is 13.8. The zero-order valence-electron chi connectivity index (χ0n) is 9.75. The summed E-state index contributed by atoms with van der Waals surface area (Å²) in [4.78, 5) is 2.82. The Bertz CT molecular complexity index is 885. The molecule has 0 amide bonds. The second kappa shape index (κ2) is 5.04. The molecule has 1 N–H and O–H groups in total. The van der Waals surface area contributed by atoms with Gasteiger partial charge in [0.1, 0.15) is 11.3 Å². The minimum absolute atomic E-state index is 0.319. The monoisotopic (exact) mass is 346 g/mol. The quantitative estimate of drug-likeness (QED) is 0.436. The third-order valence-electron chi connectivity index (χ3n) is 2.90. The summed E-state index contributed by atoms with van der Waals surface area (Å²) in [6, 6.07) is 7.82. The van der Waals surface area contributed by atoms with E-state index in [4.69, 9.17) is 47.0 Å². The van der Waals surface area contributed by atoms with Crippen molar-refractivity contribution < 1.29 is 4.39 Å². The van der Waals surface area contributed by atoms with E-state index in [1.807, 2.05) is 0 Å². The van der Waals surface area contributed by atoms with Crippen molar-refractivity contribution in [1.82, 2.24) is 9.55 Å². The number of aromatic amines is 1. The molecule has 0 radical (unpaired) electrons. The normalized spacial score (nSPS) is 11.2. The maximum atomic E-state index is 13.8. The van der Waals surface area contributed by atoms with Gasteiger partial charge in [-0.15, -0.1) is 0 Å². The zero-order chi connectivity index (χ0) is 14.4. The van der Waals surface area contributed by atoms with Gasteiger partial charge in [0.15, 0.2) is 4.77 Å². The lowest BCUT2D eigenvalue weighted by molar-refractivity contribution is 0.637. The Kier molecular flexibility index (Phi) is 3.50. The lowest BCUT2D eigenvalue weighted by atomic mass is 10.2. The number of fused-ring (bicyclic) bond motifs is 1. The number of nitrogens with one attached hydrogen (secondary N) is 1. The van der Waals surface area contributed by atoms with Crippen LogP contribution in [0.15, 0.2) is 30.3 Å². The van der Waals surface area contributed by atoms with Crippen LogP contribution in [0.25, 0.3) is 16.7 Å². The van der Waals surface area contributed by atoms with Crippen LogP contribution < -0.4 is 0 Å². The van der Waals surface area contributed by atoms with Gasteiger partial charge < -0.3 is 4.98 Å². The molecular formula is C13H6Cl3FN2S. The van der Waals surface area contributed by atoms with Crippen LogP contribution in [-0.4, -0.2) is 9.55 Å². The first-order valence-electron chi connectivity index (χ1n) is 5.53. The number of hydrogen-bond donors (Lipinski definition) is 1. The summed E-state index contributed by atoms with van der Waals surface area (Å²) >= 11 is 23.3. The SMILES string of the molecule is Fc1cccc2c1[nH]c(=S)n2-c1cc(Cl)c(Cl)cc1Cl. The van der Waals surface area contributed by atoms with Crippen LogP contribution in [0.5, 0.6) is 0 Å². The molecule has 102 valence electrons. The summed E-state index contributed by atoms with van der Waals surface area (Å²) in [5, 5.41) is 1.07. The van der Waals surface area contributed by atoms with Crippen LogP contribution in [0.3, 0.4) is 0 Å². The standard InChI is InChI=1S/C13H6Cl3FN2S/c14-6-4-8(16)11(5-7(6)15)19-10-3-1-2-9(17)12(10)18-13(19)20/h1-5H,(H,18,20). The molecule has 1 aromatic heterocycles. The van der Waals surface area contributed by atoms with Crippen molar-refractivity contribution >= 4 is 58.1 Å². The Morgan fingerprint density at radius 2 is 1.75 bits per heavy atom. The number of rotatable bonds is 1. The highest BCUT2D eigenvalue weighted by atomic mass is 35.5. The van der Waals surface area contributed by atoms with Crippen molar-refractivity contribution in [3.8, 4) is 5.69 Å². The second-order valence-electron chi connectivity index (χ2n) is 4.12. The van der Waals surface area contributed by atoms with Crippen molar-refractivity contribution in [3.63, 3.8) is 0 Å². The molecule has 2 aromatic carbocycles. The van der Waals surface area contributed by atoms with E-state index >= 15 is 0 Å². The molecular weight excluding hydrogens is 342 g/mol. The van der Waals surface area contributed by atoms with Gasteiger partial charge in [0, 0.05) is 0 Å². The molecule has 0 aliphatic carbocycles. The van der Waals surface area contributed by atoms with Crippen LogP contribution >= 0.6 is 47.0 Å². The average Bonchev–Trinajstić information content (AvgIpc) is 2.72. The molecule has 0 unspecified atom stereocenters. The fraction of sp³-hybridized carbons (Fsp3) is 0. The summed E-state index contributed by atoms with van der Waals surface area (Å²) < 4.78 is 15.7. The molecule has 20 heavy (non-hydrogen) atoms. The van der Waals surface area contributed by atoms with Crippen LogP contribution in [0.4, 0.5) is 4.39 Å². The Hall–Kier alpha value is -1.07. The van der Waals surface area contributed by atoms with E-state index in [0.717, 1.165) is 0 Å². The number of aromatic nitrogens is 2. The molecule has 0 atom stereocenters. The highest BCUT2D eigenvalue weighted by molar-refractivity contribution is 7.71. The third-order valence-corrected chi connectivity index (χ3v) is 4.21. The van der Waals surface area contributed by atoms with E-state index in [1.54, 1.807) is 22.8 Å². The van der Waals surface area contributed by atoms with Gasteiger partial charge in [-0.05, 0) is 36.5 Å². The van der Waals surface area contributed by atoms with Crippen molar-refractivity contribution in [2.45, 2.75) is 0 Å². The molecule has 0 saturated carbocycles. The van der Waals surface area contributed by atoms with Crippen LogP contribution in [0.2, 0.25) is 15.1 Å². The molecule has 0 aliphatic heterocycles. The maximum Gasteiger partial charge on any atom is 0.182 e. The van der Waals surface area contributed by atoms with Gasteiger partial charge in [-0.3, -0.25) is 4.57 Å². The summed E-state index contributed by atoms with van der Waals surface area (Å²) in [6.45, 7) is 0. The number of halogens is 4. The van der Waals surface area contributed by atoms with Gasteiger partial charge in [0.05, 0.1) is 26.3 Å². The van der Waals surface area contributed by atoms with Gasteiger partial charge in [0.25, 0.3) is 0 Å². The Labute approximate surface area is 133 Å². The zero-order valence-corrected chi connectivity index (χ0v) is 12.8. The lowest BCUT2D eigenvalue weighted by Gasteiger charge is -2.08. The summed E-state index contributed by atoms with van der Waals surface area (Å²) in [5.41, 5.74) is 1.44. The van der Waals surface area contributed by atoms with Gasteiger partial charge in [-0.25, -0.2) is 4.39 Å². The van der Waals surface area contributed by atoms with Crippen LogP contribution in [0.1, 0.15) is 0 Å². The molecule has 3 rings (SSSR count). The first kappa shape index (κ1) is 13.9. The summed E-state index contributed by atoms with van der Waals surface area (Å²) in [5.74, 6) is -0.386. The number of benzene rings is 2. The second-order valence-corrected chi connectivity index (χ2v) is 5.73. The van der Waals surface area contributed by atoms with Crippen molar-refractivity contribution in [3.05, 3.63) is 56.0 Å². The predicted molar refractivity (Wildman–Crippen MR) is 83.4 cm³/mol. The van der Waals surface area contributed by atoms with E-state index in [2.05, 4.69) is 4.98 Å². The minimum Gasteiger partial charge on any atom is -0.328 e. The number of imidazole rings is 1. The minimum atomic E-state index is -0.386. The van der Waals surface area contributed by atoms with E-state index in [9.17, 15) is 4.39 Å². The molecule has 3 aromatic rings. The molecule has 1 heterocycles. The van der Waals surface area contributed by atoms with Gasteiger partial charge in [-0.2, -0.15) is 0 Å². The topological polar surface area (TPSA) is 20.7 Å². The van der Waals surface area contributed by atoms with Gasteiger partial charge >= 0.3 is 0 Å². The smallest absolute Gasteiger partial charge is 0.182 e. The number of H-pyrrole nitrogens is 1. The largest absolute Gasteiger partial charge is 0.328 e. The molecule has 0 bridgehead atoms. The molecule has 0 aliphatic rings. The average molecular weight is 348 g/mol. The van der Waals surface area contributed by atoms with Crippen LogP contribution in [0, 0.1) is 10.6 Å². The summed E-state index contributed by atoms with van der Waals surface area (Å²) in [7, 11) is 0. The van der Waals surface area contributed by atoms with Gasteiger partial charge in [-0.1, -0.05) is 40.9 Å². The number of para-hydroxylation sites is 1. The molecule has 0 saturated heterocycles. The lowest BCUT2D eigenvalue weighted by Crippen LogP contribution is -1.95. The van der Waals surface area contributed by atoms with E-state index in [0.29, 0.717) is 36.6 Å². The molecule has 7 heteroatoms. The fourth-order valence-electron chi connectivity index (χ4n) is 2.02. The highest BCUT2D eigenvalue weighted by Crippen LogP contribution is 2.33. The van der Waals surface area contributed by atoms with E-state index in [1.165, 1.54) is 12.1 Å². The van der Waals surface area contributed by atoms with Crippen molar-refractivity contribution in [2.75, 3.05) is 0 Å². The van der Waals surface area contributed by atoms with E-state index in [-0.39, 0.29) is 5.82 Å². The first-order valence-corrected chi connectivity index (χ1v) is 7.07. The van der Waals surface area contributed by atoms with Crippen molar-refractivity contribution in [2.24, 2.45) is 0 Å². The number of nitrogens with zero attached hydrogens (tertiary/aromatic N) is 1. The fourth-order valence-corrected chi connectivity index (χ4v) is 2.94. The third kappa shape index (κ3) is 2.13.